The minimum atomic E-state index is -3.52. The summed E-state index contributed by atoms with van der Waals surface area (Å²) in [6, 6.07) is 12.2. The molecule has 5 nitrogen and oxygen atoms in total. The first-order valence-electron chi connectivity index (χ1n) is 9.95. The first-order valence-corrected chi connectivity index (χ1v) is 11.4. The number of nitrogens with one attached hydrogen (secondary N) is 1. The van der Waals surface area contributed by atoms with Crippen molar-refractivity contribution in [2.75, 3.05) is 31.6 Å². The number of fused-ring (bicyclic) bond motifs is 3. The van der Waals surface area contributed by atoms with Crippen LogP contribution < -0.4 is 5.32 Å². The Morgan fingerprint density at radius 2 is 1.83 bits per heavy atom. The Morgan fingerprint density at radius 1 is 1.07 bits per heavy atom. The fourth-order valence-corrected chi connectivity index (χ4v) is 6.10. The molecule has 2 aromatic carbocycles. The molecule has 1 N–H and O–H groups in total. The Bertz CT molecular complexity index is 1050. The summed E-state index contributed by atoms with van der Waals surface area (Å²) in [7, 11) is -3.52. The molecule has 2 heterocycles. The van der Waals surface area contributed by atoms with Crippen molar-refractivity contribution in [2.24, 2.45) is 5.92 Å². The fraction of sp³-hybridized carbons (Fsp3) is 0.364. The van der Waals surface area contributed by atoms with Crippen LogP contribution in [0.25, 0.3) is 0 Å². The van der Waals surface area contributed by atoms with E-state index in [9.17, 15) is 12.8 Å². The number of rotatable bonds is 3. The summed E-state index contributed by atoms with van der Waals surface area (Å²) in [5, 5.41) is 3.38. The Hall–Kier alpha value is -2.22. The van der Waals surface area contributed by atoms with E-state index in [0.29, 0.717) is 32.0 Å². The van der Waals surface area contributed by atoms with Crippen LogP contribution in [0.5, 0.6) is 0 Å². The number of para-hydroxylation sites is 1. The number of nitrogens with zero attached hydrogens (tertiary/aromatic N) is 1. The molecule has 0 bridgehead atoms. The average molecular weight is 415 g/mol. The second kappa shape index (κ2) is 7.23. The molecular weight excluding hydrogens is 391 g/mol. The van der Waals surface area contributed by atoms with Crippen LogP contribution in [-0.4, -0.2) is 39.0 Å². The van der Waals surface area contributed by atoms with Crippen LogP contribution in [0.1, 0.15) is 29.5 Å². The predicted octanol–water partition coefficient (Wildman–Crippen LogP) is 3.67. The minimum Gasteiger partial charge on any atom is -0.379 e. The van der Waals surface area contributed by atoms with E-state index in [0.717, 1.165) is 17.5 Å². The second-order valence-corrected chi connectivity index (χ2v) is 9.70. The van der Waals surface area contributed by atoms with Gasteiger partial charge in [-0.25, -0.2) is 12.8 Å². The molecule has 0 radical (unpaired) electrons. The Labute approximate surface area is 170 Å². The van der Waals surface area contributed by atoms with Crippen LogP contribution in [0.3, 0.4) is 0 Å². The third-order valence-corrected chi connectivity index (χ3v) is 8.11. The molecule has 3 aliphatic rings. The van der Waals surface area contributed by atoms with Gasteiger partial charge in [-0.2, -0.15) is 4.31 Å². The van der Waals surface area contributed by atoms with Crippen LogP contribution >= 0.6 is 0 Å². The van der Waals surface area contributed by atoms with Crippen molar-refractivity contribution in [3.63, 3.8) is 0 Å². The van der Waals surface area contributed by atoms with Gasteiger partial charge >= 0.3 is 0 Å². The van der Waals surface area contributed by atoms with E-state index in [1.807, 2.05) is 18.2 Å². The van der Waals surface area contributed by atoms with E-state index in [4.69, 9.17) is 4.74 Å². The highest BCUT2D eigenvalue weighted by Crippen LogP contribution is 2.50. The van der Waals surface area contributed by atoms with E-state index in [-0.39, 0.29) is 28.6 Å². The molecule has 3 atom stereocenters. The summed E-state index contributed by atoms with van der Waals surface area (Å²) in [6.07, 6.45) is 5.22. The lowest BCUT2D eigenvalue weighted by Crippen LogP contribution is -2.40. The van der Waals surface area contributed by atoms with Crippen molar-refractivity contribution < 1.29 is 17.5 Å². The zero-order valence-electron chi connectivity index (χ0n) is 15.9. The standard InChI is InChI=1S/C22H23FN2O3S/c23-20-6-2-5-19-17-3-1-4-18(17)21(24-22(19)20)15-7-9-16(10-8-15)29(26,27)25-11-13-28-14-12-25/h1-3,5-10,17-18,21,24H,4,11-14H2/t17-,18-,21+/m0/s1. The summed E-state index contributed by atoms with van der Waals surface area (Å²) in [4.78, 5) is 0.284. The molecule has 2 aliphatic heterocycles. The van der Waals surface area contributed by atoms with Crippen LogP contribution in [-0.2, 0) is 14.8 Å². The van der Waals surface area contributed by atoms with Crippen molar-refractivity contribution in [1.29, 1.82) is 0 Å². The number of allylic oxidation sites excluding steroid dienone is 2. The maximum atomic E-state index is 14.5. The summed E-state index contributed by atoms with van der Waals surface area (Å²) >= 11 is 0. The molecule has 1 aliphatic carbocycles. The highest BCUT2D eigenvalue weighted by Gasteiger charge is 2.39. The molecule has 152 valence electrons. The highest BCUT2D eigenvalue weighted by atomic mass is 32.2. The van der Waals surface area contributed by atoms with Crippen molar-refractivity contribution >= 4 is 15.7 Å². The van der Waals surface area contributed by atoms with Gasteiger partial charge in [-0.3, -0.25) is 0 Å². The van der Waals surface area contributed by atoms with Gasteiger partial charge in [0.2, 0.25) is 10.0 Å². The molecule has 0 amide bonds. The molecule has 1 fully saturated rings. The molecule has 0 saturated carbocycles. The highest BCUT2D eigenvalue weighted by molar-refractivity contribution is 7.89. The zero-order chi connectivity index (χ0) is 20.0. The SMILES string of the molecule is O=S(=O)(c1ccc([C@H]2Nc3c(F)cccc3[C@H]3C=CC[C@@H]32)cc1)N1CCOCC1. The lowest BCUT2D eigenvalue weighted by Gasteiger charge is -2.37. The number of morpholine rings is 1. The topological polar surface area (TPSA) is 58.6 Å². The normalized spacial score (nSPS) is 26.6. The van der Waals surface area contributed by atoms with Crippen molar-refractivity contribution in [2.45, 2.75) is 23.3 Å². The van der Waals surface area contributed by atoms with E-state index in [1.54, 1.807) is 18.2 Å². The van der Waals surface area contributed by atoms with Crippen LogP contribution in [0.4, 0.5) is 10.1 Å². The number of anilines is 1. The molecule has 1 saturated heterocycles. The number of ether oxygens (including phenoxy) is 1. The first kappa shape index (κ1) is 18.8. The Balaban J connectivity index is 1.45. The molecule has 29 heavy (non-hydrogen) atoms. The van der Waals surface area contributed by atoms with Crippen molar-refractivity contribution in [3.8, 4) is 0 Å². The van der Waals surface area contributed by atoms with E-state index < -0.39 is 10.0 Å². The second-order valence-electron chi connectivity index (χ2n) is 7.77. The Morgan fingerprint density at radius 3 is 2.59 bits per heavy atom. The Kier molecular flexibility index (Phi) is 4.69. The summed E-state index contributed by atoms with van der Waals surface area (Å²) in [5.74, 6) is 0.201. The monoisotopic (exact) mass is 414 g/mol. The molecule has 0 spiro atoms. The van der Waals surface area contributed by atoms with Crippen molar-refractivity contribution in [1.82, 2.24) is 4.31 Å². The third-order valence-electron chi connectivity index (χ3n) is 6.19. The largest absolute Gasteiger partial charge is 0.379 e. The number of benzene rings is 2. The lowest BCUT2D eigenvalue weighted by atomic mass is 9.77. The maximum Gasteiger partial charge on any atom is 0.243 e. The summed E-state index contributed by atoms with van der Waals surface area (Å²) < 4.78 is 46.9. The molecule has 2 aromatic rings. The van der Waals surface area contributed by atoms with E-state index >= 15 is 0 Å². The van der Waals surface area contributed by atoms with Gasteiger partial charge < -0.3 is 10.1 Å². The molecule has 7 heteroatoms. The van der Waals surface area contributed by atoms with Crippen LogP contribution in [0, 0.1) is 11.7 Å². The number of sulfonamides is 1. The van der Waals surface area contributed by atoms with Gasteiger partial charge in [0, 0.05) is 19.0 Å². The van der Waals surface area contributed by atoms with Gasteiger partial charge in [-0.05, 0) is 41.7 Å². The molecule has 5 rings (SSSR count). The molecule has 0 aromatic heterocycles. The minimum absolute atomic E-state index is 0.0699. The predicted molar refractivity (Wildman–Crippen MR) is 109 cm³/mol. The first-order chi connectivity index (χ1) is 14.1. The summed E-state index contributed by atoms with van der Waals surface area (Å²) in [5.41, 5.74) is 2.51. The van der Waals surface area contributed by atoms with Gasteiger partial charge in [-0.1, -0.05) is 36.4 Å². The van der Waals surface area contributed by atoms with E-state index in [2.05, 4.69) is 17.5 Å². The number of halogens is 1. The summed E-state index contributed by atoms with van der Waals surface area (Å²) in [6.45, 7) is 1.59. The smallest absolute Gasteiger partial charge is 0.243 e. The van der Waals surface area contributed by atoms with E-state index in [1.165, 1.54) is 10.4 Å². The molecule has 0 unspecified atom stereocenters. The average Bonchev–Trinajstić information content (AvgIpc) is 3.25. The zero-order valence-corrected chi connectivity index (χ0v) is 16.7. The molecular formula is C22H23FN2O3S. The third kappa shape index (κ3) is 3.17. The lowest BCUT2D eigenvalue weighted by molar-refractivity contribution is 0.0730. The van der Waals surface area contributed by atoms with Gasteiger partial charge in [-0.15, -0.1) is 0 Å². The fourth-order valence-electron chi connectivity index (χ4n) is 4.70. The number of hydrogen-bond acceptors (Lipinski definition) is 4. The van der Waals surface area contributed by atoms with Crippen molar-refractivity contribution in [3.05, 3.63) is 71.6 Å². The maximum absolute atomic E-state index is 14.5. The van der Waals surface area contributed by atoms with Gasteiger partial charge in [0.25, 0.3) is 0 Å². The van der Waals surface area contributed by atoms with Crippen LogP contribution in [0.15, 0.2) is 59.5 Å². The van der Waals surface area contributed by atoms with Gasteiger partial charge in [0.05, 0.1) is 29.8 Å². The number of hydrogen-bond donors (Lipinski definition) is 1. The van der Waals surface area contributed by atoms with Gasteiger partial charge in [0.1, 0.15) is 5.82 Å². The van der Waals surface area contributed by atoms with Crippen LogP contribution in [0.2, 0.25) is 0 Å². The van der Waals surface area contributed by atoms with Gasteiger partial charge in [0.15, 0.2) is 0 Å². The quantitative estimate of drug-likeness (QED) is 0.779.